The number of rotatable bonds is 3. The summed E-state index contributed by atoms with van der Waals surface area (Å²) in [6.07, 6.45) is 1.14. The highest BCUT2D eigenvalue weighted by Gasteiger charge is 2.27. The average molecular weight is 267 g/mol. The van der Waals surface area contributed by atoms with Crippen LogP contribution in [0.2, 0.25) is 0 Å². The van der Waals surface area contributed by atoms with E-state index in [1.807, 2.05) is 19.9 Å². The lowest BCUT2D eigenvalue weighted by Crippen LogP contribution is -2.15. The highest BCUT2D eigenvalue weighted by Crippen LogP contribution is 2.35. The molecule has 1 aliphatic rings. The largest absolute Gasteiger partial charge is 0.478 e. The summed E-state index contributed by atoms with van der Waals surface area (Å²) in [4.78, 5) is 16.3. The molecule has 2 atom stereocenters. The number of nitrogens with zero attached hydrogens (tertiary/aromatic N) is 1. The molecule has 0 amide bonds. The summed E-state index contributed by atoms with van der Waals surface area (Å²) in [5.41, 5.74) is 1.76. The zero-order valence-corrected chi connectivity index (χ0v) is 11.6. The van der Waals surface area contributed by atoms with Crippen LogP contribution in [-0.2, 0) is 4.74 Å². The molecule has 2 rings (SSSR count). The van der Waals surface area contributed by atoms with Gasteiger partial charge in [0.2, 0.25) is 0 Å². The smallest absolute Gasteiger partial charge is 0.338 e. The Morgan fingerprint density at radius 1 is 1.56 bits per heavy atom. The molecule has 0 radical (unpaired) electrons. The first-order valence-corrected chi connectivity index (χ1v) is 6.87. The molecule has 1 aliphatic heterocycles. The molecule has 1 aromatic rings. The van der Waals surface area contributed by atoms with Gasteiger partial charge >= 0.3 is 5.97 Å². The lowest BCUT2D eigenvalue weighted by molar-refractivity contribution is 0.0691. The van der Waals surface area contributed by atoms with E-state index < -0.39 is 5.97 Å². The Morgan fingerprint density at radius 3 is 2.83 bits per heavy atom. The Balaban J connectivity index is 2.33. The highest BCUT2D eigenvalue weighted by atomic mass is 32.2. The van der Waals surface area contributed by atoms with Gasteiger partial charge in [0, 0.05) is 22.4 Å². The highest BCUT2D eigenvalue weighted by molar-refractivity contribution is 8.00. The number of aryl methyl sites for hydroxylation is 2. The van der Waals surface area contributed by atoms with Crippen molar-refractivity contribution in [1.29, 1.82) is 0 Å². The molecule has 5 heteroatoms. The third-order valence-corrected chi connectivity index (χ3v) is 4.59. The first-order valence-electron chi connectivity index (χ1n) is 5.99. The molecule has 4 nitrogen and oxygen atoms in total. The predicted octanol–water partition coefficient (Wildman–Crippen LogP) is 2.67. The van der Waals surface area contributed by atoms with Crippen molar-refractivity contribution in [2.75, 3.05) is 6.61 Å². The van der Waals surface area contributed by atoms with E-state index in [1.165, 1.54) is 0 Å². The lowest BCUT2D eigenvalue weighted by atomic mass is 10.2. The minimum absolute atomic E-state index is 0.172. The van der Waals surface area contributed by atoms with Crippen LogP contribution in [0.1, 0.15) is 35.1 Å². The minimum atomic E-state index is -0.908. The van der Waals surface area contributed by atoms with Crippen molar-refractivity contribution in [3.63, 3.8) is 0 Å². The Kier molecular flexibility index (Phi) is 3.92. The average Bonchev–Trinajstić information content (AvgIpc) is 2.62. The van der Waals surface area contributed by atoms with Crippen molar-refractivity contribution < 1.29 is 14.6 Å². The van der Waals surface area contributed by atoms with Gasteiger partial charge in [-0.2, -0.15) is 0 Å². The predicted molar refractivity (Wildman–Crippen MR) is 70.3 cm³/mol. The van der Waals surface area contributed by atoms with E-state index in [1.54, 1.807) is 18.7 Å². The van der Waals surface area contributed by atoms with Crippen LogP contribution >= 0.6 is 11.8 Å². The van der Waals surface area contributed by atoms with Gasteiger partial charge in [0.1, 0.15) is 0 Å². The molecule has 2 heterocycles. The van der Waals surface area contributed by atoms with E-state index in [-0.39, 0.29) is 6.10 Å². The number of hydrogen-bond donors (Lipinski definition) is 1. The fourth-order valence-electron chi connectivity index (χ4n) is 2.18. The maximum Gasteiger partial charge on any atom is 0.338 e. The monoisotopic (exact) mass is 267 g/mol. The molecule has 1 aromatic heterocycles. The van der Waals surface area contributed by atoms with Gasteiger partial charge in [0.25, 0.3) is 0 Å². The van der Waals surface area contributed by atoms with Gasteiger partial charge in [0.15, 0.2) is 0 Å². The van der Waals surface area contributed by atoms with Crippen LogP contribution in [-0.4, -0.2) is 34.0 Å². The van der Waals surface area contributed by atoms with E-state index in [0.717, 1.165) is 23.6 Å². The molecule has 0 bridgehead atoms. The van der Waals surface area contributed by atoms with Gasteiger partial charge in [0.05, 0.1) is 17.4 Å². The van der Waals surface area contributed by atoms with Crippen molar-refractivity contribution in [1.82, 2.24) is 4.98 Å². The SMILES string of the molecule is Cc1cc(SC2CCOC2C)c(C(=O)O)c(C)n1. The number of pyridine rings is 1. The van der Waals surface area contributed by atoms with Crippen molar-refractivity contribution in [2.45, 2.75) is 43.4 Å². The van der Waals surface area contributed by atoms with Crippen LogP contribution in [0.15, 0.2) is 11.0 Å². The summed E-state index contributed by atoms with van der Waals surface area (Å²) in [5, 5.41) is 9.62. The van der Waals surface area contributed by atoms with Gasteiger partial charge in [-0.05, 0) is 33.3 Å². The third-order valence-electron chi connectivity index (χ3n) is 3.09. The van der Waals surface area contributed by atoms with E-state index in [0.29, 0.717) is 16.5 Å². The number of aromatic carboxylic acids is 1. The standard InChI is InChI=1S/C13H17NO3S/c1-7-6-11(12(13(15)16)8(2)14-7)18-10-4-5-17-9(10)3/h6,9-10H,4-5H2,1-3H3,(H,15,16). The number of ether oxygens (including phenoxy) is 1. The van der Waals surface area contributed by atoms with Crippen molar-refractivity contribution in [3.8, 4) is 0 Å². The number of carbonyl (C=O) groups is 1. The molecule has 0 spiro atoms. The summed E-state index contributed by atoms with van der Waals surface area (Å²) in [6.45, 7) is 6.42. The van der Waals surface area contributed by atoms with Gasteiger partial charge in [-0.25, -0.2) is 4.79 Å². The molecule has 1 N–H and O–H groups in total. The van der Waals surface area contributed by atoms with Crippen LogP contribution in [0.4, 0.5) is 0 Å². The summed E-state index contributed by atoms with van der Waals surface area (Å²) in [7, 11) is 0. The third kappa shape index (κ3) is 2.67. The van der Waals surface area contributed by atoms with Crippen LogP contribution in [0.3, 0.4) is 0 Å². The molecule has 1 saturated heterocycles. The van der Waals surface area contributed by atoms with Gasteiger partial charge in [-0.15, -0.1) is 11.8 Å². The van der Waals surface area contributed by atoms with Crippen LogP contribution in [0.5, 0.6) is 0 Å². The summed E-state index contributed by atoms with van der Waals surface area (Å²) in [6, 6.07) is 1.85. The van der Waals surface area contributed by atoms with Gasteiger partial charge in [-0.3, -0.25) is 4.98 Å². The van der Waals surface area contributed by atoms with E-state index in [2.05, 4.69) is 4.98 Å². The Labute approximate surface area is 111 Å². The second-order valence-electron chi connectivity index (χ2n) is 4.55. The maximum absolute atomic E-state index is 11.3. The van der Waals surface area contributed by atoms with Crippen molar-refractivity contribution >= 4 is 17.7 Å². The van der Waals surface area contributed by atoms with Gasteiger partial charge < -0.3 is 9.84 Å². The Bertz CT molecular complexity index is 476. The number of thioether (sulfide) groups is 1. The van der Waals surface area contributed by atoms with E-state index in [4.69, 9.17) is 4.74 Å². The minimum Gasteiger partial charge on any atom is -0.478 e. The quantitative estimate of drug-likeness (QED) is 0.912. The first kappa shape index (κ1) is 13.4. The number of carboxylic acid groups (broad SMARTS) is 1. The van der Waals surface area contributed by atoms with Crippen LogP contribution in [0.25, 0.3) is 0 Å². The lowest BCUT2D eigenvalue weighted by Gasteiger charge is -2.16. The molecule has 0 aliphatic carbocycles. The van der Waals surface area contributed by atoms with Gasteiger partial charge in [-0.1, -0.05) is 0 Å². The molecular formula is C13H17NO3S. The molecular weight excluding hydrogens is 250 g/mol. The number of hydrogen-bond acceptors (Lipinski definition) is 4. The second-order valence-corrected chi connectivity index (χ2v) is 5.83. The van der Waals surface area contributed by atoms with Crippen LogP contribution in [0, 0.1) is 13.8 Å². The summed E-state index contributed by atoms with van der Waals surface area (Å²) < 4.78 is 5.51. The summed E-state index contributed by atoms with van der Waals surface area (Å²) >= 11 is 1.60. The number of aromatic nitrogens is 1. The maximum atomic E-state index is 11.3. The zero-order valence-electron chi connectivity index (χ0n) is 10.8. The van der Waals surface area contributed by atoms with E-state index in [9.17, 15) is 9.90 Å². The molecule has 98 valence electrons. The fourth-order valence-corrected chi connectivity index (χ4v) is 3.58. The Morgan fingerprint density at radius 2 is 2.28 bits per heavy atom. The Hall–Kier alpha value is -1.07. The second kappa shape index (κ2) is 5.28. The first-order chi connectivity index (χ1) is 8.49. The van der Waals surface area contributed by atoms with Crippen LogP contribution < -0.4 is 0 Å². The molecule has 0 saturated carbocycles. The molecule has 18 heavy (non-hydrogen) atoms. The van der Waals surface area contributed by atoms with Crippen molar-refractivity contribution in [2.24, 2.45) is 0 Å². The topological polar surface area (TPSA) is 59.4 Å². The number of carboxylic acids is 1. The van der Waals surface area contributed by atoms with E-state index >= 15 is 0 Å². The fraction of sp³-hybridized carbons (Fsp3) is 0.538. The summed E-state index contributed by atoms with van der Waals surface area (Å²) in [5.74, 6) is -0.908. The zero-order chi connectivity index (χ0) is 13.3. The normalized spacial score (nSPS) is 23.3. The molecule has 0 aromatic carbocycles. The molecule has 2 unspecified atom stereocenters. The molecule has 1 fully saturated rings. The van der Waals surface area contributed by atoms with Crippen molar-refractivity contribution in [3.05, 3.63) is 23.0 Å².